The van der Waals surface area contributed by atoms with Crippen LogP contribution >= 0.6 is 0 Å². The highest BCUT2D eigenvalue weighted by Crippen LogP contribution is 2.25. The summed E-state index contributed by atoms with van der Waals surface area (Å²) in [5.74, 6) is 0.538. The molecule has 0 unspecified atom stereocenters. The molecule has 6 heteroatoms. The molecule has 0 aliphatic rings. The van der Waals surface area contributed by atoms with Gasteiger partial charge in [-0.3, -0.25) is 19.1 Å². The number of carbonyl (C=O) groups is 1. The normalized spacial score (nSPS) is 11.2. The molecule has 0 fully saturated rings. The third kappa shape index (κ3) is 4.16. The van der Waals surface area contributed by atoms with Gasteiger partial charge in [-0.25, -0.2) is 0 Å². The van der Waals surface area contributed by atoms with E-state index in [9.17, 15) is 14.7 Å². The molecule has 0 aliphatic heterocycles. The number of fused-ring (bicyclic) bond motifs is 1. The number of pyridine rings is 1. The monoisotopic (exact) mass is 426 g/mol. The third-order valence-corrected chi connectivity index (χ3v) is 5.31. The molecular weight excluding hydrogens is 404 g/mol. The number of rotatable bonds is 6. The molecule has 0 saturated carbocycles. The Balaban J connectivity index is 1.79. The summed E-state index contributed by atoms with van der Waals surface area (Å²) in [4.78, 5) is 29.0. The van der Waals surface area contributed by atoms with Crippen molar-refractivity contribution in [3.8, 4) is 11.6 Å². The fraction of sp³-hybridized carbons (Fsp3) is 0.115. The highest BCUT2D eigenvalue weighted by Gasteiger charge is 2.15. The Bertz CT molecular complexity index is 1370. The Morgan fingerprint density at radius 1 is 1.00 bits per heavy atom. The van der Waals surface area contributed by atoms with Crippen molar-refractivity contribution in [2.75, 3.05) is 7.11 Å². The lowest BCUT2D eigenvalue weighted by molar-refractivity contribution is 0.101. The summed E-state index contributed by atoms with van der Waals surface area (Å²) in [6.07, 6.45) is 1.55. The zero-order valence-electron chi connectivity index (χ0n) is 17.8. The van der Waals surface area contributed by atoms with Gasteiger partial charge in [-0.05, 0) is 55.0 Å². The second-order valence-corrected chi connectivity index (χ2v) is 7.38. The van der Waals surface area contributed by atoms with E-state index in [1.807, 2.05) is 30.3 Å². The Morgan fingerprint density at radius 3 is 2.28 bits per heavy atom. The molecule has 32 heavy (non-hydrogen) atoms. The topological polar surface area (TPSA) is 80.9 Å². The first kappa shape index (κ1) is 21.1. The van der Waals surface area contributed by atoms with Crippen molar-refractivity contribution in [3.05, 3.63) is 99.8 Å². The minimum absolute atomic E-state index is 0.0187. The maximum absolute atomic E-state index is 13.1. The van der Waals surface area contributed by atoms with Crippen LogP contribution in [0.2, 0.25) is 0 Å². The van der Waals surface area contributed by atoms with E-state index in [1.165, 1.54) is 11.5 Å². The van der Waals surface area contributed by atoms with E-state index in [-0.39, 0.29) is 23.8 Å². The number of Topliss-reactive ketones (excluding diaryl/α,β-unsaturated/α-hetero) is 1. The van der Waals surface area contributed by atoms with Crippen LogP contribution in [-0.4, -0.2) is 28.8 Å². The van der Waals surface area contributed by atoms with E-state index in [1.54, 1.807) is 55.8 Å². The first-order valence-electron chi connectivity index (χ1n) is 10.1. The number of aromatic nitrogens is 1. The number of hydrogen-bond donors (Lipinski definition) is 1. The number of benzene rings is 3. The lowest BCUT2D eigenvalue weighted by Gasteiger charge is -2.14. The Hall–Kier alpha value is -4.19. The fourth-order valence-electron chi connectivity index (χ4n) is 3.52. The van der Waals surface area contributed by atoms with Crippen molar-refractivity contribution in [1.82, 2.24) is 4.57 Å². The van der Waals surface area contributed by atoms with Crippen LogP contribution in [0.15, 0.2) is 82.6 Å². The van der Waals surface area contributed by atoms with E-state index in [0.29, 0.717) is 33.3 Å². The van der Waals surface area contributed by atoms with Gasteiger partial charge in [0.1, 0.15) is 5.75 Å². The Kier molecular flexibility index (Phi) is 5.85. The number of ether oxygens (including phenoxy) is 1. The number of aromatic hydroxyl groups is 1. The van der Waals surface area contributed by atoms with Crippen molar-refractivity contribution in [3.63, 3.8) is 0 Å². The minimum atomic E-state index is -0.281. The van der Waals surface area contributed by atoms with E-state index in [0.717, 1.165) is 5.56 Å². The predicted octanol–water partition coefficient (Wildman–Crippen LogP) is 4.72. The molecule has 160 valence electrons. The average molecular weight is 426 g/mol. The quantitative estimate of drug-likeness (QED) is 0.357. The van der Waals surface area contributed by atoms with Gasteiger partial charge in [0.25, 0.3) is 5.56 Å². The summed E-state index contributed by atoms with van der Waals surface area (Å²) in [6, 6.07) is 21.3. The molecule has 4 aromatic rings. The van der Waals surface area contributed by atoms with Gasteiger partial charge in [-0.2, -0.15) is 0 Å². The second kappa shape index (κ2) is 8.89. The second-order valence-electron chi connectivity index (χ2n) is 7.38. The summed E-state index contributed by atoms with van der Waals surface area (Å²) >= 11 is 0. The van der Waals surface area contributed by atoms with Gasteiger partial charge in [0.05, 0.1) is 24.9 Å². The zero-order chi connectivity index (χ0) is 22.7. The molecule has 0 saturated heterocycles. The first-order chi connectivity index (χ1) is 15.5. The molecule has 3 aromatic carbocycles. The van der Waals surface area contributed by atoms with Crippen LogP contribution in [0.25, 0.3) is 10.8 Å². The SMILES string of the molecule is COc1ccc(Cn2c(O)c(C=Nc3ccc(C(C)=O)cc3)c3ccccc3c2=O)cc1. The molecule has 1 N–H and O–H groups in total. The molecule has 6 nitrogen and oxygen atoms in total. The van der Waals surface area contributed by atoms with Crippen LogP contribution in [-0.2, 0) is 6.54 Å². The highest BCUT2D eigenvalue weighted by molar-refractivity contribution is 6.02. The van der Waals surface area contributed by atoms with E-state index >= 15 is 0 Å². The summed E-state index contributed by atoms with van der Waals surface area (Å²) < 4.78 is 6.52. The van der Waals surface area contributed by atoms with Gasteiger partial charge in [0.2, 0.25) is 5.88 Å². The van der Waals surface area contributed by atoms with Crippen molar-refractivity contribution < 1.29 is 14.6 Å². The number of ketones is 1. The highest BCUT2D eigenvalue weighted by atomic mass is 16.5. The molecule has 0 radical (unpaired) electrons. The van der Waals surface area contributed by atoms with E-state index in [4.69, 9.17) is 4.74 Å². The largest absolute Gasteiger partial charge is 0.497 e. The molecule has 0 spiro atoms. The average Bonchev–Trinajstić information content (AvgIpc) is 2.82. The number of nitrogens with zero attached hydrogens (tertiary/aromatic N) is 2. The van der Waals surface area contributed by atoms with Gasteiger partial charge in [-0.15, -0.1) is 0 Å². The molecule has 0 atom stereocenters. The molecule has 4 rings (SSSR count). The van der Waals surface area contributed by atoms with Crippen LogP contribution in [0, 0.1) is 0 Å². The maximum atomic E-state index is 13.1. The van der Waals surface area contributed by atoms with Crippen molar-refractivity contribution in [1.29, 1.82) is 0 Å². The van der Waals surface area contributed by atoms with Gasteiger partial charge in [0, 0.05) is 22.6 Å². The summed E-state index contributed by atoms with van der Waals surface area (Å²) in [5, 5.41) is 12.1. The lowest BCUT2D eigenvalue weighted by Crippen LogP contribution is -2.22. The molecule has 0 aliphatic carbocycles. The number of carbonyl (C=O) groups excluding carboxylic acids is 1. The van der Waals surface area contributed by atoms with Gasteiger partial charge in [0.15, 0.2) is 5.78 Å². The molecule has 1 heterocycles. The van der Waals surface area contributed by atoms with Crippen molar-refractivity contribution in [2.24, 2.45) is 4.99 Å². The van der Waals surface area contributed by atoms with Crippen LogP contribution in [0.3, 0.4) is 0 Å². The lowest BCUT2D eigenvalue weighted by atomic mass is 10.1. The third-order valence-electron chi connectivity index (χ3n) is 5.31. The van der Waals surface area contributed by atoms with Gasteiger partial charge < -0.3 is 9.84 Å². The minimum Gasteiger partial charge on any atom is -0.497 e. The predicted molar refractivity (Wildman–Crippen MR) is 126 cm³/mol. The smallest absolute Gasteiger partial charge is 0.261 e. The van der Waals surface area contributed by atoms with Crippen LogP contribution in [0.1, 0.15) is 28.4 Å². The maximum Gasteiger partial charge on any atom is 0.261 e. The van der Waals surface area contributed by atoms with Crippen LogP contribution in [0.4, 0.5) is 5.69 Å². The standard InChI is InChI=1S/C26H22N2O4/c1-17(29)19-9-11-20(12-10-19)27-15-24-22-5-3-4-6-23(22)25(30)28(26(24)31)16-18-7-13-21(32-2)14-8-18/h3-15,31H,16H2,1-2H3. The van der Waals surface area contributed by atoms with Gasteiger partial charge >= 0.3 is 0 Å². The summed E-state index contributed by atoms with van der Waals surface area (Å²) in [7, 11) is 1.59. The van der Waals surface area contributed by atoms with E-state index in [2.05, 4.69) is 4.99 Å². The summed E-state index contributed by atoms with van der Waals surface area (Å²) in [6.45, 7) is 1.71. The van der Waals surface area contributed by atoms with Crippen molar-refractivity contribution >= 4 is 28.5 Å². The summed E-state index contributed by atoms with van der Waals surface area (Å²) in [5.41, 5.74) is 2.25. The first-order valence-corrected chi connectivity index (χ1v) is 10.1. The number of hydrogen-bond acceptors (Lipinski definition) is 5. The number of aliphatic imine (C=N–C) groups is 1. The molecule has 0 amide bonds. The number of methoxy groups -OCH3 is 1. The molecule has 1 aromatic heterocycles. The van der Waals surface area contributed by atoms with Crippen LogP contribution in [0.5, 0.6) is 11.6 Å². The molecular formula is C26H22N2O4. The van der Waals surface area contributed by atoms with E-state index < -0.39 is 0 Å². The van der Waals surface area contributed by atoms with Gasteiger partial charge in [-0.1, -0.05) is 30.3 Å². The van der Waals surface area contributed by atoms with Crippen LogP contribution < -0.4 is 10.3 Å². The Labute approximate surface area is 185 Å². The Morgan fingerprint density at radius 2 is 1.66 bits per heavy atom. The fourth-order valence-corrected chi connectivity index (χ4v) is 3.52. The zero-order valence-corrected chi connectivity index (χ0v) is 17.8. The molecule has 0 bridgehead atoms. The van der Waals surface area contributed by atoms with Crippen molar-refractivity contribution in [2.45, 2.75) is 13.5 Å².